The maximum Gasteiger partial charge on any atom is 0.191 e. The predicted octanol–water partition coefficient (Wildman–Crippen LogP) is 3.28. The Balaban J connectivity index is 0.00000364. The molecule has 1 aromatic heterocycles. The Labute approximate surface area is 179 Å². The van der Waals surface area contributed by atoms with E-state index >= 15 is 0 Å². The number of guanidine groups is 1. The number of hydrogen-bond acceptors (Lipinski definition) is 3. The van der Waals surface area contributed by atoms with Crippen molar-refractivity contribution in [3.8, 4) is 0 Å². The molecule has 1 heterocycles. The topological polar surface area (TPSA) is 63.5 Å². The van der Waals surface area contributed by atoms with Crippen molar-refractivity contribution in [2.75, 3.05) is 26.8 Å². The maximum absolute atomic E-state index is 5.62. The van der Waals surface area contributed by atoms with Gasteiger partial charge in [-0.25, -0.2) is 4.98 Å². The first kappa shape index (κ1) is 23.4. The smallest absolute Gasteiger partial charge is 0.191 e. The summed E-state index contributed by atoms with van der Waals surface area (Å²) >= 11 is 0. The van der Waals surface area contributed by atoms with E-state index in [4.69, 9.17) is 4.74 Å². The highest BCUT2D eigenvalue weighted by molar-refractivity contribution is 14.0. The van der Waals surface area contributed by atoms with Gasteiger partial charge < -0.3 is 19.9 Å². The molecule has 0 aliphatic rings. The maximum atomic E-state index is 5.62. The summed E-state index contributed by atoms with van der Waals surface area (Å²) in [5.74, 6) is 1.47. The molecule has 0 saturated carbocycles. The second-order valence-corrected chi connectivity index (χ2v) is 6.70. The van der Waals surface area contributed by atoms with Gasteiger partial charge >= 0.3 is 0 Å². The molecular weight excluding hydrogens is 453 g/mol. The lowest BCUT2D eigenvalue weighted by atomic mass is 10.1. The molecule has 0 amide bonds. The van der Waals surface area contributed by atoms with Crippen LogP contribution in [0.3, 0.4) is 0 Å². The van der Waals surface area contributed by atoms with Crippen molar-refractivity contribution in [1.29, 1.82) is 0 Å². The summed E-state index contributed by atoms with van der Waals surface area (Å²) in [5, 5.41) is 6.63. The van der Waals surface area contributed by atoms with Gasteiger partial charge in [0, 0.05) is 45.7 Å². The summed E-state index contributed by atoms with van der Waals surface area (Å²) in [7, 11) is 1.78. The number of aliphatic imine (C=N–C) groups is 1. The standard InChI is InChI=1S/C20H31N5O.HI/c1-17(2)7-11-26-12-9-23-20(21-3)24-14-18-5-4-6-19(13-18)15-25-10-8-22-16-25;/h4-6,8,10,13,16-17H,7,9,11-12,14-15H2,1-3H3,(H2,21,23,24);1H. The summed E-state index contributed by atoms with van der Waals surface area (Å²) in [4.78, 5) is 8.34. The van der Waals surface area contributed by atoms with Crippen LogP contribution >= 0.6 is 24.0 Å². The van der Waals surface area contributed by atoms with E-state index in [0.717, 1.165) is 38.6 Å². The molecule has 0 spiro atoms. The van der Waals surface area contributed by atoms with Crippen LogP contribution in [0.4, 0.5) is 0 Å². The van der Waals surface area contributed by atoms with Crippen molar-refractivity contribution in [3.05, 3.63) is 54.1 Å². The number of nitrogens with one attached hydrogen (secondary N) is 2. The number of hydrogen-bond donors (Lipinski definition) is 2. The van der Waals surface area contributed by atoms with Crippen LogP contribution in [0.25, 0.3) is 0 Å². The van der Waals surface area contributed by atoms with Gasteiger partial charge in [-0.2, -0.15) is 0 Å². The molecule has 0 fully saturated rings. The van der Waals surface area contributed by atoms with Crippen LogP contribution in [0.5, 0.6) is 0 Å². The zero-order valence-electron chi connectivity index (χ0n) is 16.5. The second kappa shape index (κ2) is 13.5. The van der Waals surface area contributed by atoms with Crippen molar-refractivity contribution in [3.63, 3.8) is 0 Å². The number of halogens is 1. The van der Waals surface area contributed by atoms with Gasteiger partial charge in [0.2, 0.25) is 0 Å². The molecular formula is C20H32IN5O. The fourth-order valence-electron chi connectivity index (χ4n) is 2.50. The number of nitrogens with zero attached hydrogens (tertiary/aromatic N) is 3. The van der Waals surface area contributed by atoms with Gasteiger partial charge in [-0.05, 0) is 23.5 Å². The molecule has 0 aliphatic heterocycles. The third kappa shape index (κ3) is 9.76. The highest BCUT2D eigenvalue weighted by Crippen LogP contribution is 2.07. The Morgan fingerprint density at radius 3 is 2.74 bits per heavy atom. The lowest BCUT2D eigenvalue weighted by Gasteiger charge is -2.13. The van der Waals surface area contributed by atoms with Crippen LogP contribution in [-0.2, 0) is 17.8 Å². The van der Waals surface area contributed by atoms with E-state index in [1.807, 2.05) is 12.5 Å². The quantitative estimate of drug-likeness (QED) is 0.235. The largest absolute Gasteiger partial charge is 0.380 e. The van der Waals surface area contributed by atoms with Gasteiger partial charge in [0.1, 0.15) is 0 Å². The average Bonchev–Trinajstić information content (AvgIpc) is 3.13. The minimum Gasteiger partial charge on any atom is -0.380 e. The third-order valence-electron chi connectivity index (χ3n) is 3.98. The molecule has 0 saturated heterocycles. The second-order valence-electron chi connectivity index (χ2n) is 6.70. The van der Waals surface area contributed by atoms with E-state index in [1.165, 1.54) is 11.1 Å². The van der Waals surface area contributed by atoms with Crippen molar-refractivity contribution >= 4 is 29.9 Å². The summed E-state index contributed by atoms with van der Waals surface area (Å²) in [6, 6.07) is 8.54. The van der Waals surface area contributed by atoms with E-state index in [9.17, 15) is 0 Å². The Kier molecular flexibility index (Phi) is 11.8. The fourth-order valence-corrected chi connectivity index (χ4v) is 2.50. The number of ether oxygens (including phenoxy) is 1. The van der Waals surface area contributed by atoms with E-state index < -0.39 is 0 Å². The van der Waals surface area contributed by atoms with E-state index in [-0.39, 0.29) is 24.0 Å². The van der Waals surface area contributed by atoms with Crippen LogP contribution in [-0.4, -0.2) is 42.3 Å². The number of aromatic nitrogens is 2. The van der Waals surface area contributed by atoms with Crippen LogP contribution in [0.2, 0.25) is 0 Å². The zero-order chi connectivity index (χ0) is 18.6. The zero-order valence-corrected chi connectivity index (χ0v) is 18.8. The van der Waals surface area contributed by atoms with Gasteiger partial charge in [0.05, 0.1) is 12.9 Å². The van der Waals surface area contributed by atoms with Crippen molar-refractivity contribution in [2.24, 2.45) is 10.9 Å². The first-order valence-corrected chi connectivity index (χ1v) is 9.23. The summed E-state index contributed by atoms with van der Waals surface area (Å²) in [5.41, 5.74) is 2.47. The highest BCUT2D eigenvalue weighted by Gasteiger charge is 2.01. The van der Waals surface area contributed by atoms with Crippen LogP contribution in [0.15, 0.2) is 48.0 Å². The first-order chi connectivity index (χ1) is 12.7. The predicted molar refractivity (Wildman–Crippen MR) is 122 cm³/mol. The lowest BCUT2D eigenvalue weighted by Crippen LogP contribution is -2.38. The molecule has 150 valence electrons. The average molecular weight is 485 g/mol. The third-order valence-corrected chi connectivity index (χ3v) is 3.98. The van der Waals surface area contributed by atoms with Crippen molar-refractivity contribution in [2.45, 2.75) is 33.4 Å². The van der Waals surface area contributed by atoms with Crippen molar-refractivity contribution < 1.29 is 4.74 Å². The molecule has 0 unspecified atom stereocenters. The summed E-state index contributed by atoms with van der Waals surface area (Å²) in [6.45, 7) is 8.22. The Bertz CT molecular complexity index is 658. The van der Waals surface area contributed by atoms with Crippen molar-refractivity contribution in [1.82, 2.24) is 20.2 Å². The summed E-state index contributed by atoms with van der Waals surface area (Å²) < 4.78 is 7.68. The molecule has 0 aliphatic carbocycles. The fraction of sp³-hybridized carbons (Fsp3) is 0.500. The number of rotatable bonds is 10. The SMILES string of the molecule is CN=C(NCCOCCC(C)C)NCc1cccc(Cn2ccnc2)c1.I. The molecule has 0 atom stereocenters. The minimum atomic E-state index is 0. The van der Waals surface area contributed by atoms with Crippen LogP contribution in [0.1, 0.15) is 31.4 Å². The number of benzene rings is 1. The number of imidazole rings is 1. The molecule has 0 bridgehead atoms. The van der Waals surface area contributed by atoms with Crippen LogP contribution in [0, 0.1) is 5.92 Å². The molecule has 6 nitrogen and oxygen atoms in total. The van der Waals surface area contributed by atoms with Gasteiger partial charge in [0.15, 0.2) is 5.96 Å². The monoisotopic (exact) mass is 485 g/mol. The lowest BCUT2D eigenvalue weighted by molar-refractivity contribution is 0.128. The van der Waals surface area contributed by atoms with E-state index in [0.29, 0.717) is 12.5 Å². The molecule has 2 rings (SSSR count). The molecule has 7 heteroatoms. The van der Waals surface area contributed by atoms with E-state index in [2.05, 4.69) is 63.3 Å². The molecule has 2 N–H and O–H groups in total. The molecule has 1 aromatic carbocycles. The van der Waals surface area contributed by atoms with Gasteiger partial charge in [-0.3, -0.25) is 4.99 Å². The first-order valence-electron chi connectivity index (χ1n) is 9.23. The Hall–Kier alpha value is -1.61. The molecule has 2 aromatic rings. The van der Waals surface area contributed by atoms with E-state index in [1.54, 1.807) is 13.2 Å². The minimum absolute atomic E-state index is 0. The normalized spacial score (nSPS) is 11.3. The molecule has 27 heavy (non-hydrogen) atoms. The highest BCUT2D eigenvalue weighted by atomic mass is 127. The molecule has 0 radical (unpaired) electrons. The van der Waals surface area contributed by atoms with Gasteiger partial charge in [-0.15, -0.1) is 24.0 Å². The Morgan fingerprint density at radius 2 is 2.04 bits per heavy atom. The van der Waals surface area contributed by atoms with Gasteiger partial charge in [-0.1, -0.05) is 38.1 Å². The van der Waals surface area contributed by atoms with Crippen LogP contribution < -0.4 is 10.6 Å². The summed E-state index contributed by atoms with van der Waals surface area (Å²) in [6.07, 6.45) is 6.70. The Morgan fingerprint density at radius 1 is 1.22 bits per heavy atom. The van der Waals surface area contributed by atoms with Gasteiger partial charge in [0.25, 0.3) is 0 Å².